The van der Waals surface area contributed by atoms with Crippen LogP contribution in [0, 0.1) is 5.92 Å². The Morgan fingerprint density at radius 2 is 2.17 bits per heavy atom. The maximum atomic E-state index is 9.07. The van der Waals surface area contributed by atoms with E-state index in [1.54, 1.807) is 6.08 Å². The van der Waals surface area contributed by atoms with E-state index in [-0.39, 0.29) is 12.5 Å². The van der Waals surface area contributed by atoms with Crippen LogP contribution in [-0.2, 0) is 9.47 Å². The maximum Gasteiger partial charge on any atom is 0.170 e. The summed E-state index contributed by atoms with van der Waals surface area (Å²) in [5.74, 6) is -0.611. The van der Waals surface area contributed by atoms with Crippen molar-refractivity contribution >= 4 is 0 Å². The van der Waals surface area contributed by atoms with Crippen molar-refractivity contribution in [3.8, 4) is 0 Å². The zero-order valence-electron chi connectivity index (χ0n) is 7.45. The average molecular weight is 172 g/mol. The van der Waals surface area contributed by atoms with Gasteiger partial charge in [-0.05, 0) is 13.3 Å². The first-order chi connectivity index (χ1) is 5.73. The van der Waals surface area contributed by atoms with Crippen molar-refractivity contribution in [2.24, 2.45) is 5.92 Å². The van der Waals surface area contributed by atoms with E-state index in [1.807, 2.05) is 6.92 Å². The van der Waals surface area contributed by atoms with E-state index in [1.165, 1.54) is 0 Å². The second-order valence-corrected chi connectivity index (χ2v) is 3.12. The summed E-state index contributed by atoms with van der Waals surface area (Å²) in [5.41, 5.74) is 0. The molecule has 1 N–H and O–H groups in total. The molecule has 12 heavy (non-hydrogen) atoms. The SMILES string of the molecule is C=CCC(CO)C1(C)OCCO1. The molecule has 1 rings (SSSR count). The average Bonchev–Trinajstić information content (AvgIpc) is 2.49. The Kier molecular flexibility index (Phi) is 3.26. The van der Waals surface area contributed by atoms with Crippen molar-refractivity contribution in [3.05, 3.63) is 12.7 Å². The van der Waals surface area contributed by atoms with Crippen molar-refractivity contribution < 1.29 is 14.6 Å². The van der Waals surface area contributed by atoms with Gasteiger partial charge >= 0.3 is 0 Å². The molecule has 3 nitrogen and oxygen atoms in total. The minimum Gasteiger partial charge on any atom is -0.396 e. The van der Waals surface area contributed by atoms with Gasteiger partial charge in [0, 0.05) is 5.92 Å². The fourth-order valence-corrected chi connectivity index (χ4v) is 1.42. The summed E-state index contributed by atoms with van der Waals surface area (Å²) in [4.78, 5) is 0. The van der Waals surface area contributed by atoms with E-state index in [0.29, 0.717) is 19.6 Å². The molecule has 1 saturated heterocycles. The molecule has 1 heterocycles. The van der Waals surface area contributed by atoms with Crippen LogP contribution in [0.25, 0.3) is 0 Å². The molecular formula is C9H16O3. The van der Waals surface area contributed by atoms with E-state index < -0.39 is 5.79 Å². The largest absolute Gasteiger partial charge is 0.396 e. The topological polar surface area (TPSA) is 38.7 Å². The molecule has 1 atom stereocenters. The molecule has 0 aromatic carbocycles. The molecule has 3 heteroatoms. The third-order valence-corrected chi connectivity index (χ3v) is 2.27. The number of hydrogen-bond acceptors (Lipinski definition) is 3. The second-order valence-electron chi connectivity index (χ2n) is 3.12. The Morgan fingerprint density at radius 3 is 2.58 bits per heavy atom. The van der Waals surface area contributed by atoms with Crippen molar-refractivity contribution in [2.75, 3.05) is 19.8 Å². The number of rotatable bonds is 4. The highest BCUT2D eigenvalue weighted by Gasteiger charge is 2.38. The van der Waals surface area contributed by atoms with Crippen molar-refractivity contribution in [3.63, 3.8) is 0 Å². The van der Waals surface area contributed by atoms with Crippen LogP contribution in [0.1, 0.15) is 13.3 Å². The minimum absolute atomic E-state index is 0.00231. The van der Waals surface area contributed by atoms with Crippen molar-refractivity contribution in [2.45, 2.75) is 19.1 Å². The van der Waals surface area contributed by atoms with Gasteiger partial charge in [-0.3, -0.25) is 0 Å². The molecule has 0 amide bonds. The van der Waals surface area contributed by atoms with E-state index in [9.17, 15) is 0 Å². The fourth-order valence-electron chi connectivity index (χ4n) is 1.42. The molecular weight excluding hydrogens is 156 g/mol. The van der Waals surface area contributed by atoms with Gasteiger partial charge < -0.3 is 14.6 Å². The van der Waals surface area contributed by atoms with Crippen LogP contribution in [-0.4, -0.2) is 30.7 Å². The summed E-state index contributed by atoms with van der Waals surface area (Å²) in [5, 5.41) is 9.07. The van der Waals surface area contributed by atoms with Gasteiger partial charge in [0.2, 0.25) is 0 Å². The van der Waals surface area contributed by atoms with Crippen molar-refractivity contribution in [1.82, 2.24) is 0 Å². The number of allylic oxidation sites excluding steroid dienone is 1. The van der Waals surface area contributed by atoms with Crippen LogP contribution >= 0.6 is 0 Å². The number of hydrogen-bond donors (Lipinski definition) is 1. The van der Waals surface area contributed by atoms with Gasteiger partial charge in [-0.1, -0.05) is 6.08 Å². The smallest absolute Gasteiger partial charge is 0.170 e. The Hall–Kier alpha value is -0.380. The van der Waals surface area contributed by atoms with Gasteiger partial charge in [0.25, 0.3) is 0 Å². The Bertz CT molecular complexity index is 150. The van der Waals surface area contributed by atoms with Gasteiger partial charge in [-0.2, -0.15) is 0 Å². The number of aliphatic hydroxyl groups excluding tert-OH is 1. The molecule has 0 spiro atoms. The summed E-state index contributed by atoms with van der Waals surface area (Å²) < 4.78 is 10.8. The standard InChI is InChI=1S/C9H16O3/c1-3-4-8(7-10)9(2)11-5-6-12-9/h3,8,10H,1,4-7H2,2H3. The highest BCUT2D eigenvalue weighted by atomic mass is 16.7. The molecule has 0 saturated carbocycles. The molecule has 1 fully saturated rings. The van der Waals surface area contributed by atoms with Crippen molar-refractivity contribution in [1.29, 1.82) is 0 Å². The summed E-state index contributed by atoms with van der Waals surface area (Å²) in [6.45, 7) is 6.80. The fraction of sp³-hybridized carbons (Fsp3) is 0.778. The first-order valence-corrected chi connectivity index (χ1v) is 4.22. The Morgan fingerprint density at radius 1 is 1.58 bits per heavy atom. The van der Waals surface area contributed by atoms with Gasteiger partial charge in [-0.25, -0.2) is 0 Å². The van der Waals surface area contributed by atoms with E-state index in [2.05, 4.69) is 6.58 Å². The first kappa shape index (κ1) is 9.71. The molecule has 1 aliphatic rings. The van der Waals surface area contributed by atoms with Crippen LogP contribution in [0.5, 0.6) is 0 Å². The molecule has 0 aromatic heterocycles. The lowest BCUT2D eigenvalue weighted by atomic mass is 9.97. The molecule has 0 bridgehead atoms. The van der Waals surface area contributed by atoms with Gasteiger partial charge in [0.05, 0.1) is 19.8 Å². The molecule has 0 aliphatic carbocycles. The van der Waals surface area contributed by atoms with Crippen LogP contribution in [0.4, 0.5) is 0 Å². The third-order valence-electron chi connectivity index (χ3n) is 2.27. The number of ether oxygens (including phenoxy) is 2. The first-order valence-electron chi connectivity index (χ1n) is 4.22. The summed E-state index contributed by atoms with van der Waals surface area (Å²) in [7, 11) is 0. The lowest BCUT2D eigenvalue weighted by Crippen LogP contribution is -2.37. The van der Waals surface area contributed by atoms with E-state index >= 15 is 0 Å². The summed E-state index contributed by atoms with van der Waals surface area (Å²) in [6.07, 6.45) is 2.49. The normalized spacial score (nSPS) is 23.8. The quantitative estimate of drug-likeness (QED) is 0.641. The van der Waals surface area contributed by atoms with Crippen LogP contribution in [0.15, 0.2) is 12.7 Å². The lowest BCUT2D eigenvalue weighted by molar-refractivity contribution is -0.188. The van der Waals surface area contributed by atoms with Crippen LogP contribution in [0.2, 0.25) is 0 Å². The lowest BCUT2D eigenvalue weighted by Gasteiger charge is -2.30. The maximum absolute atomic E-state index is 9.07. The van der Waals surface area contributed by atoms with E-state index in [4.69, 9.17) is 14.6 Å². The molecule has 0 radical (unpaired) electrons. The van der Waals surface area contributed by atoms with Gasteiger partial charge in [0.1, 0.15) is 0 Å². The third kappa shape index (κ3) is 1.86. The highest BCUT2D eigenvalue weighted by molar-refractivity contribution is 4.83. The summed E-state index contributed by atoms with van der Waals surface area (Å²) in [6, 6.07) is 0. The zero-order valence-corrected chi connectivity index (χ0v) is 7.45. The highest BCUT2D eigenvalue weighted by Crippen LogP contribution is 2.29. The van der Waals surface area contributed by atoms with Crippen LogP contribution < -0.4 is 0 Å². The minimum atomic E-state index is -0.608. The predicted octanol–water partition coefficient (Wildman–Crippen LogP) is 0.934. The second kappa shape index (κ2) is 4.03. The molecule has 70 valence electrons. The van der Waals surface area contributed by atoms with Crippen LogP contribution in [0.3, 0.4) is 0 Å². The zero-order chi connectivity index (χ0) is 9.03. The Balaban J connectivity index is 2.55. The van der Waals surface area contributed by atoms with E-state index in [0.717, 1.165) is 0 Å². The monoisotopic (exact) mass is 172 g/mol. The molecule has 1 unspecified atom stereocenters. The van der Waals surface area contributed by atoms with Gasteiger partial charge in [0.15, 0.2) is 5.79 Å². The number of aliphatic hydroxyl groups is 1. The summed E-state index contributed by atoms with van der Waals surface area (Å²) >= 11 is 0. The van der Waals surface area contributed by atoms with Gasteiger partial charge in [-0.15, -0.1) is 6.58 Å². The molecule has 1 aliphatic heterocycles. The molecule has 0 aromatic rings. The predicted molar refractivity (Wildman–Crippen MR) is 45.7 cm³/mol. The Labute approximate surface area is 73.0 Å².